The molecule has 0 aromatic heterocycles. The Hall–Kier alpha value is -4.60. The Morgan fingerprint density at radius 2 is 1.49 bits per heavy atom. The third-order valence-electron chi connectivity index (χ3n) is 6.94. The summed E-state index contributed by atoms with van der Waals surface area (Å²) in [6.07, 6.45) is 4.49. The fraction of sp³-hybridized carbons (Fsp3) is 0.156. The molecular formula is C32H27N3O2. The van der Waals surface area contributed by atoms with E-state index in [9.17, 15) is 4.79 Å². The van der Waals surface area contributed by atoms with E-state index in [0.29, 0.717) is 12.1 Å². The van der Waals surface area contributed by atoms with E-state index in [1.807, 2.05) is 60.7 Å². The van der Waals surface area contributed by atoms with Crippen LogP contribution in [-0.4, -0.2) is 12.9 Å². The lowest BCUT2D eigenvalue weighted by Gasteiger charge is -2.30. The molecule has 0 fully saturated rings. The van der Waals surface area contributed by atoms with Crippen LogP contribution in [0.4, 0.5) is 5.69 Å². The van der Waals surface area contributed by atoms with Gasteiger partial charge in [-0.1, -0.05) is 110 Å². The highest BCUT2D eigenvalue weighted by atomic mass is 16.5. The second-order valence-electron chi connectivity index (χ2n) is 9.81. The van der Waals surface area contributed by atoms with Crippen LogP contribution in [0.2, 0.25) is 0 Å². The lowest BCUT2D eigenvalue weighted by Crippen LogP contribution is -2.22. The van der Waals surface area contributed by atoms with Gasteiger partial charge in [0, 0.05) is 27.2 Å². The molecule has 0 aliphatic heterocycles. The Morgan fingerprint density at radius 1 is 0.838 bits per heavy atom. The van der Waals surface area contributed by atoms with E-state index < -0.39 is 0 Å². The molecule has 6 rings (SSSR count). The van der Waals surface area contributed by atoms with E-state index in [0.717, 1.165) is 22.3 Å². The van der Waals surface area contributed by atoms with Crippen LogP contribution >= 0.6 is 0 Å². The van der Waals surface area contributed by atoms with Crippen LogP contribution in [0.3, 0.4) is 0 Å². The summed E-state index contributed by atoms with van der Waals surface area (Å²) in [4.78, 5) is 15.3. The van der Waals surface area contributed by atoms with Crippen molar-refractivity contribution < 1.29 is 9.53 Å². The van der Waals surface area contributed by atoms with Crippen molar-refractivity contribution in [2.24, 2.45) is 10.5 Å². The number of rotatable bonds is 4. The number of hydrogen-bond acceptors (Lipinski definition) is 3. The van der Waals surface area contributed by atoms with Gasteiger partial charge >= 0.3 is 0 Å². The van der Waals surface area contributed by atoms with E-state index in [1.165, 1.54) is 26.9 Å². The van der Waals surface area contributed by atoms with Gasteiger partial charge in [-0.15, -0.1) is 0 Å². The quantitative estimate of drug-likeness (QED) is 0.0836. The smallest absolute Gasteiger partial charge is 0.189 e. The van der Waals surface area contributed by atoms with E-state index in [1.54, 1.807) is 7.11 Å². The van der Waals surface area contributed by atoms with Gasteiger partial charge in [0.1, 0.15) is 5.76 Å². The predicted octanol–water partition coefficient (Wildman–Crippen LogP) is 9.28. The molecule has 0 heterocycles. The zero-order chi connectivity index (χ0) is 26.0. The SMILES string of the molecule is COC1=CC=C(C(=O)c2ccccc2)CC1(C)C.[N-]=[N+]=Nc1ccc2ccc3cccc4ccc1c2c34. The lowest BCUT2D eigenvalue weighted by molar-refractivity contribution is 0.101. The van der Waals surface area contributed by atoms with Crippen LogP contribution < -0.4 is 0 Å². The summed E-state index contributed by atoms with van der Waals surface area (Å²) < 4.78 is 5.35. The van der Waals surface area contributed by atoms with Gasteiger partial charge < -0.3 is 4.74 Å². The van der Waals surface area contributed by atoms with Gasteiger partial charge in [-0.05, 0) is 50.3 Å². The van der Waals surface area contributed by atoms with Gasteiger partial charge in [0.05, 0.1) is 7.11 Å². The van der Waals surface area contributed by atoms with Gasteiger partial charge in [-0.2, -0.15) is 0 Å². The minimum absolute atomic E-state index is 0.107. The van der Waals surface area contributed by atoms with Crippen molar-refractivity contribution >= 4 is 43.8 Å². The second kappa shape index (κ2) is 9.81. The molecule has 5 heteroatoms. The average molecular weight is 486 g/mol. The highest BCUT2D eigenvalue weighted by Gasteiger charge is 2.30. The molecule has 0 radical (unpaired) electrons. The third-order valence-corrected chi connectivity index (χ3v) is 6.94. The highest BCUT2D eigenvalue weighted by molar-refractivity contribution is 6.24. The zero-order valence-electron chi connectivity index (χ0n) is 21.1. The van der Waals surface area contributed by atoms with Crippen LogP contribution in [-0.2, 0) is 4.74 Å². The largest absolute Gasteiger partial charge is 0.501 e. The molecule has 0 amide bonds. The van der Waals surface area contributed by atoms with Crippen LogP contribution in [0, 0.1) is 5.41 Å². The summed E-state index contributed by atoms with van der Waals surface area (Å²) in [6.45, 7) is 4.18. The molecule has 0 N–H and O–H groups in total. The average Bonchev–Trinajstić information content (AvgIpc) is 2.92. The molecule has 1 aliphatic rings. The number of allylic oxidation sites excluding steroid dienone is 4. The first-order valence-corrected chi connectivity index (χ1v) is 12.2. The number of carbonyl (C=O) groups excluding carboxylic acids is 1. The molecule has 5 aromatic rings. The molecule has 0 bridgehead atoms. The molecule has 37 heavy (non-hydrogen) atoms. The second-order valence-corrected chi connectivity index (χ2v) is 9.81. The number of ether oxygens (including phenoxy) is 1. The summed E-state index contributed by atoms with van der Waals surface area (Å²) in [5, 5.41) is 10.8. The molecule has 0 atom stereocenters. The van der Waals surface area contributed by atoms with Gasteiger partial charge in [0.2, 0.25) is 0 Å². The standard InChI is InChI=1S/C16H9N3.C16H18O2/c17-19-18-14-9-7-12-5-4-10-2-1-3-11-6-8-13(14)16(12)15(10)11;1-16(2)11-13(9-10-14(16)18-3)15(17)12-7-5-4-6-8-12/h1-9H;4-10H,11H2,1-3H3. The Balaban J connectivity index is 0.000000152. The number of carbonyl (C=O) groups is 1. The Labute approximate surface area is 215 Å². The van der Waals surface area contributed by atoms with Gasteiger partial charge in [0.15, 0.2) is 5.78 Å². The van der Waals surface area contributed by atoms with Crippen molar-refractivity contribution in [2.45, 2.75) is 20.3 Å². The van der Waals surface area contributed by atoms with Gasteiger partial charge in [0.25, 0.3) is 0 Å². The van der Waals surface area contributed by atoms with Crippen molar-refractivity contribution in [1.82, 2.24) is 0 Å². The summed E-state index contributed by atoms with van der Waals surface area (Å²) in [6, 6.07) is 27.9. The van der Waals surface area contributed by atoms with Crippen molar-refractivity contribution in [3.8, 4) is 0 Å². The Kier molecular flexibility index (Phi) is 6.39. The number of methoxy groups -OCH3 is 1. The maximum Gasteiger partial charge on any atom is 0.189 e. The third kappa shape index (κ3) is 4.53. The van der Waals surface area contributed by atoms with Crippen molar-refractivity contribution in [2.75, 3.05) is 7.11 Å². The number of nitrogens with zero attached hydrogens (tertiary/aromatic N) is 3. The Morgan fingerprint density at radius 3 is 2.14 bits per heavy atom. The topological polar surface area (TPSA) is 75.1 Å². The van der Waals surface area contributed by atoms with Gasteiger partial charge in [-0.25, -0.2) is 0 Å². The molecule has 0 saturated carbocycles. The maximum absolute atomic E-state index is 12.3. The van der Waals surface area contributed by atoms with Crippen molar-refractivity contribution in [3.63, 3.8) is 0 Å². The minimum atomic E-state index is -0.122. The van der Waals surface area contributed by atoms with Crippen LogP contribution in [0.15, 0.2) is 114 Å². The number of azide groups is 1. The molecular weight excluding hydrogens is 458 g/mol. The van der Waals surface area contributed by atoms with Crippen LogP contribution in [0.25, 0.3) is 42.8 Å². The lowest BCUT2D eigenvalue weighted by atomic mass is 9.78. The Bertz CT molecular complexity index is 1710. The van der Waals surface area contributed by atoms with Crippen LogP contribution in [0.1, 0.15) is 30.6 Å². The summed E-state index contributed by atoms with van der Waals surface area (Å²) in [5.41, 5.74) is 10.8. The fourth-order valence-electron chi connectivity index (χ4n) is 5.15. The summed E-state index contributed by atoms with van der Waals surface area (Å²) >= 11 is 0. The summed E-state index contributed by atoms with van der Waals surface area (Å²) in [7, 11) is 1.67. The number of hydrogen-bond donors (Lipinski definition) is 0. The molecule has 0 unspecified atom stereocenters. The predicted molar refractivity (Wildman–Crippen MR) is 151 cm³/mol. The minimum Gasteiger partial charge on any atom is -0.501 e. The fourth-order valence-corrected chi connectivity index (χ4v) is 5.15. The molecule has 182 valence electrons. The van der Waals surface area contributed by atoms with E-state index in [2.05, 4.69) is 60.3 Å². The molecule has 1 aliphatic carbocycles. The number of ketones is 1. The maximum atomic E-state index is 12.3. The van der Waals surface area contributed by atoms with Crippen molar-refractivity contribution in [3.05, 3.63) is 124 Å². The number of benzene rings is 5. The zero-order valence-corrected chi connectivity index (χ0v) is 21.1. The summed E-state index contributed by atoms with van der Waals surface area (Å²) in [5.74, 6) is 1.03. The first-order chi connectivity index (χ1) is 17.9. The monoisotopic (exact) mass is 485 g/mol. The van der Waals surface area contributed by atoms with Crippen LogP contribution in [0.5, 0.6) is 0 Å². The molecule has 5 aromatic carbocycles. The first kappa shape index (κ1) is 24.1. The van der Waals surface area contributed by atoms with E-state index in [4.69, 9.17) is 10.3 Å². The van der Waals surface area contributed by atoms with E-state index in [-0.39, 0.29) is 11.2 Å². The van der Waals surface area contributed by atoms with Crippen molar-refractivity contribution in [1.29, 1.82) is 0 Å². The normalized spacial score (nSPS) is 14.4. The first-order valence-electron chi connectivity index (χ1n) is 12.2. The van der Waals surface area contributed by atoms with E-state index >= 15 is 0 Å². The molecule has 0 spiro atoms. The van der Waals surface area contributed by atoms with Gasteiger partial charge in [-0.3, -0.25) is 4.79 Å². The molecule has 0 saturated heterocycles. The highest BCUT2D eigenvalue weighted by Crippen LogP contribution is 2.39. The number of Topliss-reactive ketones (excluding diaryl/α,β-unsaturated/α-hetero) is 1. The molecule has 5 nitrogen and oxygen atoms in total.